The Kier molecular flexibility index (Phi) is 18.1. The second-order valence-corrected chi connectivity index (χ2v) is 19.5. The number of methoxy groups -OCH3 is 8. The normalized spacial score (nSPS) is 10.6. The van der Waals surface area contributed by atoms with Gasteiger partial charge in [0, 0.05) is 57.9 Å². The summed E-state index contributed by atoms with van der Waals surface area (Å²) in [7, 11) is 13.5. The Bertz CT molecular complexity index is 3250. The van der Waals surface area contributed by atoms with Gasteiger partial charge in [0.15, 0.2) is 0 Å². The molecule has 10 aromatic carbocycles. The minimum Gasteiger partial charge on any atom is -0.497 e. The molecule has 0 atom stereocenters. The van der Waals surface area contributed by atoms with Crippen LogP contribution in [0.5, 0.6) is 46.0 Å². The van der Waals surface area contributed by atoms with Crippen LogP contribution in [0.1, 0.15) is 44.5 Å². The van der Waals surface area contributed by atoms with Crippen molar-refractivity contribution in [2.45, 2.75) is 0 Å². The molecule has 0 unspecified atom stereocenters. The third-order valence-electron chi connectivity index (χ3n) is 14.7. The summed E-state index contributed by atoms with van der Waals surface area (Å²) in [6, 6.07) is 78.3. The standard InChI is InChI=1S/C74H66N2O8/c1-77-59-31-15-51(16-32-59)69(52-17-33-60(78-2)34-18-52)47-75(48-70(53-19-35-61(79-3)36-20-53)54-21-37-62(80-4)38-22-54)73-13-9-12-68-67(73)11-10-14-74(68)76(49-71(55-23-39-63(81-5)40-24-55)56-25-41-64(82-6)42-26-56)50-72(57-27-43-65(83-7)44-28-57)58-29-45-66(84-8)46-30-58/h9-50H,1-8H3. The summed E-state index contributed by atoms with van der Waals surface area (Å²) in [5.41, 5.74) is 13.5. The first-order chi connectivity index (χ1) is 41.2. The Morgan fingerprint density at radius 2 is 0.369 bits per heavy atom. The molecule has 0 heterocycles. The number of hydrogen-bond acceptors (Lipinski definition) is 10. The second-order valence-electron chi connectivity index (χ2n) is 19.5. The molecule has 10 aromatic rings. The van der Waals surface area contributed by atoms with Gasteiger partial charge in [-0.3, -0.25) is 0 Å². The second kappa shape index (κ2) is 26.8. The highest BCUT2D eigenvalue weighted by molar-refractivity contribution is 6.05. The molecule has 0 amide bonds. The maximum Gasteiger partial charge on any atom is 0.118 e. The first kappa shape index (κ1) is 56.7. The van der Waals surface area contributed by atoms with Gasteiger partial charge in [-0.25, -0.2) is 0 Å². The first-order valence-electron chi connectivity index (χ1n) is 27.3. The Morgan fingerprint density at radius 1 is 0.214 bits per heavy atom. The summed E-state index contributed by atoms with van der Waals surface area (Å²) in [5.74, 6) is 6.03. The lowest BCUT2D eigenvalue weighted by molar-refractivity contribution is 0.414. The molecular weight excluding hydrogens is 1040 g/mol. The molecule has 0 spiro atoms. The first-order valence-corrected chi connectivity index (χ1v) is 27.3. The van der Waals surface area contributed by atoms with Crippen LogP contribution in [0.3, 0.4) is 0 Å². The van der Waals surface area contributed by atoms with E-state index in [4.69, 9.17) is 37.9 Å². The van der Waals surface area contributed by atoms with Gasteiger partial charge in [-0.2, -0.15) is 0 Å². The van der Waals surface area contributed by atoms with E-state index in [1.807, 2.05) is 97.1 Å². The molecule has 0 saturated heterocycles. The van der Waals surface area contributed by atoms with Gasteiger partial charge in [0.05, 0.1) is 68.3 Å². The van der Waals surface area contributed by atoms with Crippen molar-refractivity contribution in [1.82, 2.24) is 0 Å². The van der Waals surface area contributed by atoms with Gasteiger partial charge in [-0.1, -0.05) is 121 Å². The largest absolute Gasteiger partial charge is 0.497 e. The molecule has 0 N–H and O–H groups in total. The van der Waals surface area contributed by atoms with Crippen molar-refractivity contribution in [3.8, 4) is 46.0 Å². The van der Waals surface area contributed by atoms with Gasteiger partial charge < -0.3 is 47.7 Å². The Morgan fingerprint density at radius 3 is 0.512 bits per heavy atom. The molecule has 0 aliphatic heterocycles. The van der Waals surface area contributed by atoms with E-state index in [-0.39, 0.29) is 0 Å². The summed E-state index contributed by atoms with van der Waals surface area (Å²) in [5, 5.41) is 1.96. The third kappa shape index (κ3) is 12.9. The van der Waals surface area contributed by atoms with Crippen molar-refractivity contribution in [2.75, 3.05) is 66.7 Å². The van der Waals surface area contributed by atoms with Gasteiger partial charge in [-0.05, 0) is 154 Å². The number of rotatable bonds is 22. The quantitative estimate of drug-likeness (QED) is 0.0655. The summed E-state index contributed by atoms with van der Waals surface area (Å²) in [6.07, 6.45) is 8.86. The number of benzene rings is 10. The molecule has 10 heteroatoms. The number of ether oxygens (including phenoxy) is 8. The summed E-state index contributed by atoms with van der Waals surface area (Å²) in [6.45, 7) is 0. The van der Waals surface area contributed by atoms with Gasteiger partial charge in [0.1, 0.15) is 46.0 Å². The van der Waals surface area contributed by atoms with Crippen LogP contribution < -0.4 is 47.7 Å². The van der Waals surface area contributed by atoms with E-state index in [0.717, 1.165) is 135 Å². The highest BCUT2D eigenvalue weighted by atomic mass is 16.5. The van der Waals surface area contributed by atoms with Crippen LogP contribution in [0.4, 0.5) is 11.4 Å². The van der Waals surface area contributed by atoms with E-state index in [1.165, 1.54) is 0 Å². The lowest BCUT2D eigenvalue weighted by atomic mass is 9.96. The molecule has 84 heavy (non-hydrogen) atoms. The van der Waals surface area contributed by atoms with E-state index in [1.54, 1.807) is 56.9 Å². The lowest BCUT2D eigenvalue weighted by Gasteiger charge is -2.26. The van der Waals surface area contributed by atoms with Crippen LogP contribution in [-0.2, 0) is 0 Å². The number of anilines is 2. The molecule has 0 fully saturated rings. The monoisotopic (exact) mass is 1110 g/mol. The van der Waals surface area contributed by atoms with E-state index < -0.39 is 0 Å². The van der Waals surface area contributed by atoms with E-state index in [0.29, 0.717) is 0 Å². The predicted octanol–water partition coefficient (Wildman–Crippen LogP) is 16.9. The average Bonchev–Trinajstić information content (AvgIpc) is 3.70. The maximum atomic E-state index is 5.68. The third-order valence-corrected chi connectivity index (χ3v) is 14.7. The molecule has 0 aliphatic rings. The fourth-order valence-electron chi connectivity index (χ4n) is 10.1. The Labute approximate surface area is 492 Å². The molecular formula is C74H66N2O8. The van der Waals surface area contributed by atoms with Crippen LogP contribution >= 0.6 is 0 Å². The van der Waals surface area contributed by atoms with Crippen LogP contribution in [0.15, 0.2) is 255 Å². The van der Waals surface area contributed by atoms with Gasteiger partial charge in [0.25, 0.3) is 0 Å². The zero-order chi connectivity index (χ0) is 58.4. The molecule has 420 valence electrons. The van der Waals surface area contributed by atoms with Crippen molar-refractivity contribution in [3.63, 3.8) is 0 Å². The van der Waals surface area contributed by atoms with Gasteiger partial charge >= 0.3 is 0 Å². The van der Waals surface area contributed by atoms with E-state index in [2.05, 4.69) is 168 Å². The number of fused-ring (bicyclic) bond motifs is 1. The van der Waals surface area contributed by atoms with Crippen LogP contribution in [0, 0.1) is 0 Å². The molecule has 10 nitrogen and oxygen atoms in total. The van der Waals surface area contributed by atoms with Crippen molar-refractivity contribution >= 4 is 44.4 Å². The average molecular weight is 1110 g/mol. The smallest absolute Gasteiger partial charge is 0.118 e. The van der Waals surface area contributed by atoms with Crippen LogP contribution in [0.25, 0.3) is 33.1 Å². The summed E-state index contributed by atoms with van der Waals surface area (Å²) < 4.78 is 45.4. The molecule has 0 saturated carbocycles. The molecule has 0 radical (unpaired) electrons. The molecule has 0 aromatic heterocycles. The molecule has 0 aliphatic carbocycles. The maximum absolute atomic E-state index is 5.68. The van der Waals surface area contributed by atoms with E-state index >= 15 is 0 Å². The fraction of sp³-hybridized carbons (Fsp3) is 0.108. The van der Waals surface area contributed by atoms with Crippen molar-refractivity contribution in [2.24, 2.45) is 0 Å². The predicted molar refractivity (Wildman–Crippen MR) is 341 cm³/mol. The van der Waals surface area contributed by atoms with Gasteiger partial charge in [0.2, 0.25) is 0 Å². The summed E-state index contributed by atoms with van der Waals surface area (Å²) in [4.78, 5) is 4.49. The topological polar surface area (TPSA) is 80.3 Å². The van der Waals surface area contributed by atoms with Crippen molar-refractivity contribution < 1.29 is 37.9 Å². The fourth-order valence-corrected chi connectivity index (χ4v) is 10.1. The molecule has 10 rings (SSSR count). The Hall–Kier alpha value is -10.6. The van der Waals surface area contributed by atoms with Gasteiger partial charge in [-0.15, -0.1) is 0 Å². The Balaban J connectivity index is 1.28. The minimum absolute atomic E-state index is 0.754. The summed E-state index contributed by atoms with van der Waals surface area (Å²) >= 11 is 0. The number of hydrogen-bond donors (Lipinski definition) is 0. The van der Waals surface area contributed by atoms with Crippen molar-refractivity contribution in [3.05, 3.63) is 300 Å². The SMILES string of the molecule is COc1ccc(C(=CN(C=C(c2ccc(OC)cc2)c2ccc(OC)cc2)c2cccc3c(N(C=C(c4ccc(OC)cc4)c4ccc(OC)cc4)C=C(c4ccc(OC)cc4)c4ccc(OC)cc4)cccc23)c2ccc(OC)cc2)cc1. The number of nitrogens with zero attached hydrogens (tertiary/aromatic N) is 2. The zero-order valence-corrected chi connectivity index (χ0v) is 48.4. The van der Waals surface area contributed by atoms with E-state index in [9.17, 15) is 0 Å². The zero-order valence-electron chi connectivity index (χ0n) is 48.4. The van der Waals surface area contributed by atoms with Crippen LogP contribution in [-0.4, -0.2) is 56.9 Å². The lowest BCUT2D eigenvalue weighted by Crippen LogP contribution is -2.13. The highest BCUT2D eigenvalue weighted by Crippen LogP contribution is 2.41. The minimum atomic E-state index is 0.754. The van der Waals surface area contributed by atoms with Crippen molar-refractivity contribution in [1.29, 1.82) is 0 Å². The molecule has 0 bridgehead atoms. The van der Waals surface area contributed by atoms with Crippen LogP contribution in [0.2, 0.25) is 0 Å². The highest BCUT2D eigenvalue weighted by Gasteiger charge is 2.20.